The van der Waals surface area contributed by atoms with Crippen molar-refractivity contribution in [2.75, 3.05) is 20.1 Å². The lowest BCUT2D eigenvalue weighted by Crippen LogP contribution is -2.56. The molecule has 0 aromatic heterocycles. The Labute approximate surface area is 115 Å². The molecular weight excluding hydrogens is 236 g/mol. The lowest BCUT2D eigenvalue weighted by Gasteiger charge is -2.43. The number of aryl methyl sites for hydroxylation is 1. The van der Waals surface area contributed by atoms with Gasteiger partial charge < -0.3 is 15.7 Å². The SMILES string of the molecule is CC1CC(O)(C2(CN)CCc3ccccc32)CN1C. The van der Waals surface area contributed by atoms with Crippen molar-refractivity contribution in [2.24, 2.45) is 5.73 Å². The van der Waals surface area contributed by atoms with Gasteiger partial charge in [-0.15, -0.1) is 0 Å². The molecule has 3 heteroatoms. The molecule has 104 valence electrons. The van der Waals surface area contributed by atoms with Gasteiger partial charge in [0.05, 0.1) is 5.60 Å². The van der Waals surface area contributed by atoms with Crippen LogP contribution in [0.15, 0.2) is 24.3 Å². The van der Waals surface area contributed by atoms with Gasteiger partial charge in [-0.05, 0) is 44.4 Å². The van der Waals surface area contributed by atoms with E-state index < -0.39 is 5.60 Å². The maximum absolute atomic E-state index is 11.3. The predicted molar refractivity (Wildman–Crippen MR) is 77.2 cm³/mol. The number of rotatable bonds is 2. The van der Waals surface area contributed by atoms with Gasteiger partial charge in [-0.2, -0.15) is 0 Å². The van der Waals surface area contributed by atoms with Gasteiger partial charge in [-0.25, -0.2) is 0 Å². The molecule has 1 aliphatic carbocycles. The number of aliphatic hydroxyl groups is 1. The minimum atomic E-state index is -0.692. The monoisotopic (exact) mass is 260 g/mol. The Balaban J connectivity index is 2.07. The first-order valence-electron chi connectivity index (χ1n) is 7.23. The van der Waals surface area contributed by atoms with E-state index in [2.05, 4.69) is 43.1 Å². The summed E-state index contributed by atoms with van der Waals surface area (Å²) >= 11 is 0. The number of β-amino-alcohol motifs (C(OH)–C–C–N with tert-alkyl or cyclic N) is 1. The topological polar surface area (TPSA) is 49.5 Å². The second-order valence-electron chi connectivity index (χ2n) is 6.44. The average molecular weight is 260 g/mol. The van der Waals surface area contributed by atoms with Crippen molar-refractivity contribution in [2.45, 2.75) is 43.2 Å². The second-order valence-corrected chi connectivity index (χ2v) is 6.44. The summed E-state index contributed by atoms with van der Waals surface area (Å²) in [5.74, 6) is 0. The number of hydrogen-bond acceptors (Lipinski definition) is 3. The second kappa shape index (κ2) is 4.30. The van der Waals surface area contributed by atoms with Gasteiger partial charge in [0.1, 0.15) is 0 Å². The van der Waals surface area contributed by atoms with Crippen LogP contribution in [-0.2, 0) is 11.8 Å². The van der Waals surface area contributed by atoms with E-state index in [0.717, 1.165) is 25.8 Å². The highest BCUT2D eigenvalue weighted by atomic mass is 16.3. The van der Waals surface area contributed by atoms with Gasteiger partial charge >= 0.3 is 0 Å². The number of nitrogens with zero attached hydrogens (tertiary/aromatic N) is 1. The maximum atomic E-state index is 11.3. The van der Waals surface area contributed by atoms with Gasteiger partial charge in [0.25, 0.3) is 0 Å². The standard InChI is InChI=1S/C16H24N2O/c1-12-9-16(19,11-18(12)2)15(10-17)8-7-13-5-3-4-6-14(13)15/h3-6,12,19H,7-11,17H2,1-2H3. The summed E-state index contributed by atoms with van der Waals surface area (Å²) in [6, 6.07) is 8.91. The van der Waals surface area contributed by atoms with Crippen molar-refractivity contribution in [1.29, 1.82) is 0 Å². The van der Waals surface area contributed by atoms with E-state index >= 15 is 0 Å². The summed E-state index contributed by atoms with van der Waals surface area (Å²) in [7, 11) is 2.09. The Morgan fingerprint density at radius 1 is 1.42 bits per heavy atom. The molecule has 3 nitrogen and oxygen atoms in total. The molecule has 0 bridgehead atoms. The third-order valence-corrected chi connectivity index (χ3v) is 5.49. The van der Waals surface area contributed by atoms with Crippen LogP contribution in [0.3, 0.4) is 0 Å². The van der Waals surface area contributed by atoms with E-state index in [1.165, 1.54) is 11.1 Å². The van der Waals surface area contributed by atoms with Crippen LogP contribution in [0, 0.1) is 0 Å². The van der Waals surface area contributed by atoms with Crippen LogP contribution in [0.25, 0.3) is 0 Å². The lowest BCUT2D eigenvalue weighted by molar-refractivity contribution is -0.0265. The van der Waals surface area contributed by atoms with Crippen LogP contribution in [0.1, 0.15) is 30.9 Å². The van der Waals surface area contributed by atoms with Crippen LogP contribution in [-0.4, -0.2) is 41.8 Å². The summed E-state index contributed by atoms with van der Waals surface area (Å²) in [5.41, 5.74) is 7.85. The molecule has 3 unspecified atom stereocenters. The Kier molecular flexibility index (Phi) is 2.97. The summed E-state index contributed by atoms with van der Waals surface area (Å²) in [6.45, 7) is 3.43. The zero-order valence-electron chi connectivity index (χ0n) is 11.9. The Bertz CT molecular complexity index is 477. The van der Waals surface area contributed by atoms with Gasteiger partial charge in [0.15, 0.2) is 0 Å². The van der Waals surface area contributed by atoms with Crippen molar-refractivity contribution in [1.82, 2.24) is 4.90 Å². The number of nitrogens with two attached hydrogens (primary N) is 1. The predicted octanol–water partition coefficient (Wildman–Crippen LogP) is 1.28. The molecule has 19 heavy (non-hydrogen) atoms. The Morgan fingerprint density at radius 3 is 2.79 bits per heavy atom. The number of benzene rings is 1. The molecule has 1 heterocycles. The third-order valence-electron chi connectivity index (χ3n) is 5.49. The fourth-order valence-electron chi connectivity index (χ4n) is 4.20. The van der Waals surface area contributed by atoms with E-state index in [0.29, 0.717) is 12.6 Å². The van der Waals surface area contributed by atoms with E-state index in [4.69, 9.17) is 5.73 Å². The Morgan fingerprint density at radius 2 is 2.16 bits per heavy atom. The molecule has 0 spiro atoms. The molecule has 3 rings (SSSR count). The van der Waals surface area contributed by atoms with E-state index in [-0.39, 0.29) is 5.41 Å². The van der Waals surface area contributed by atoms with E-state index in [1.54, 1.807) is 0 Å². The number of likely N-dealkylation sites (tertiary alicyclic amines) is 1. The molecule has 1 aromatic rings. The Hall–Kier alpha value is -0.900. The molecule has 1 aromatic carbocycles. The minimum Gasteiger partial charge on any atom is -0.388 e. The van der Waals surface area contributed by atoms with E-state index in [9.17, 15) is 5.11 Å². The van der Waals surface area contributed by atoms with E-state index in [1.807, 2.05) is 0 Å². The fraction of sp³-hybridized carbons (Fsp3) is 0.625. The summed E-state index contributed by atoms with van der Waals surface area (Å²) in [6.07, 6.45) is 2.82. The smallest absolute Gasteiger partial charge is 0.0897 e. The average Bonchev–Trinajstić information content (AvgIpc) is 2.90. The first-order chi connectivity index (χ1) is 9.02. The zero-order chi connectivity index (χ0) is 13.7. The third kappa shape index (κ3) is 1.69. The molecule has 1 saturated heterocycles. The number of hydrogen-bond donors (Lipinski definition) is 2. The number of fused-ring (bicyclic) bond motifs is 1. The van der Waals surface area contributed by atoms with Crippen molar-refractivity contribution < 1.29 is 5.11 Å². The maximum Gasteiger partial charge on any atom is 0.0897 e. The van der Waals surface area contributed by atoms with Gasteiger partial charge in [0.2, 0.25) is 0 Å². The van der Waals surface area contributed by atoms with Gasteiger partial charge in [-0.1, -0.05) is 24.3 Å². The minimum absolute atomic E-state index is 0.261. The van der Waals surface area contributed by atoms with Crippen molar-refractivity contribution >= 4 is 0 Å². The first kappa shape index (κ1) is 13.1. The van der Waals surface area contributed by atoms with Crippen molar-refractivity contribution in [3.63, 3.8) is 0 Å². The fourth-order valence-corrected chi connectivity index (χ4v) is 4.20. The van der Waals surface area contributed by atoms with Crippen molar-refractivity contribution in [3.05, 3.63) is 35.4 Å². The normalized spacial score (nSPS) is 38.6. The van der Waals surface area contributed by atoms with Crippen molar-refractivity contribution in [3.8, 4) is 0 Å². The van der Waals surface area contributed by atoms with Crippen LogP contribution >= 0.6 is 0 Å². The summed E-state index contributed by atoms with van der Waals surface area (Å²) in [4.78, 5) is 2.25. The molecule has 2 aliphatic rings. The molecule has 1 fully saturated rings. The quantitative estimate of drug-likeness (QED) is 0.842. The molecule has 0 saturated carbocycles. The zero-order valence-corrected chi connectivity index (χ0v) is 11.9. The molecular formula is C16H24N2O. The highest BCUT2D eigenvalue weighted by Crippen LogP contribution is 2.50. The van der Waals surface area contributed by atoms with Crippen LogP contribution in [0.5, 0.6) is 0 Å². The molecule has 3 N–H and O–H groups in total. The highest BCUT2D eigenvalue weighted by Gasteiger charge is 2.57. The first-order valence-corrected chi connectivity index (χ1v) is 7.23. The molecule has 1 aliphatic heterocycles. The van der Waals surface area contributed by atoms with Gasteiger partial charge in [0, 0.05) is 24.5 Å². The molecule has 0 radical (unpaired) electrons. The highest BCUT2D eigenvalue weighted by molar-refractivity contribution is 5.43. The van der Waals surface area contributed by atoms with Crippen LogP contribution in [0.2, 0.25) is 0 Å². The molecule has 3 atom stereocenters. The number of likely N-dealkylation sites (N-methyl/N-ethyl adjacent to an activating group) is 1. The summed E-state index contributed by atoms with van der Waals surface area (Å²) < 4.78 is 0. The van der Waals surface area contributed by atoms with Crippen LogP contribution < -0.4 is 5.73 Å². The van der Waals surface area contributed by atoms with Gasteiger partial charge in [-0.3, -0.25) is 0 Å². The lowest BCUT2D eigenvalue weighted by atomic mass is 9.66. The molecule has 0 amide bonds. The van der Waals surface area contributed by atoms with Crippen LogP contribution in [0.4, 0.5) is 0 Å². The largest absolute Gasteiger partial charge is 0.388 e. The summed E-state index contributed by atoms with van der Waals surface area (Å²) in [5, 5.41) is 11.3.